The molecule has 3 aromatic rings. The number of aliphatic imine (C=N–C) groups is 1. The molecular formula is C21H25N3O2S. The number of rotatable bonds is 7. The summed E-state index contributed by atoms with van der Waals surface area (Å²) in [6.07, 6.45) is -0.601. The summed E-state index contributed by atoms with van der Waals surface area (Å²) in [5.74, 6) is 0.644. The van der Waals surface area contributed by atoms with Crippen molar-refractivity contribution in [1.29, 1.82) is 0 Å². The molecule has 0 saturated heterocycles. The lowest BCUT2D eigenvalue weighted by Crippen LogP contribution is -2.39. The highest BCUT2D eigenvalue weighted by molar-refractivity contribution is 7.19. The van der Waals surface area contributed by atoms with Crippen LogP contribution in [0.5, 0.6) is 0 Å². The largest absolute Gasteiger partial charge is 0.392 e. The van der Waals surface area contributed by atoms with E-state index in [0.717, 1.165) is 27.9 Å². The van der Waals surface area contributed by atoms with Crippen LogP contribution in [-0.4, -0.2) is 29.3 Å². The van der Waals surface area contributed by atoms with Gasteiger partial charge in [-0.05, 0) is 35.6 Å². The molecule has 142 valence electrons. The summed E-state index contributed by atoms with van der Waals surface area (Å²) in [7, 11) is 0. The lowest BCUT2D eigenvalue weighted by Gasteiger charge is -2.14. The molecule has 4 N–H and O–H groups in total. The minimum Gasteiger partial charge on any atom is -0.392 e. The molecule has 0 amide bonds. The molecule has 5 nitrogen and oxygen atoms in total. The highest BCUT2D eigenvalue weighted by Gasteiger charge is 2.12. The first-order chi connectivity index (χ1) is 13.2. The summed E-state index contributed by atoms with van der Waals surface area (Å²) >= 11 is 1.61. The van der Waals surface area contributed by atoms with Gasteiger partial charge in [0.2, 0.25) is 0 Å². The second-order valence-electron chi connectivity index (χ2n) is 6.21. The Kier molecular flexibility index (Phi) is 6.81. The van der Waals surface area contributed by atoms with Gasteiger partial charge in [0.15, 0.2) is 5.96 Å². The molecule has 0 fully saturated rings. The third-order valence-corrected chi connectivity index (χ3v) is 5.49. The molecule has 0 aliphatic heterocycles. The van der Waals surface area contributed by atoms with E-state index in [2.05, 4.69) is 27.8 Å². The van der Waals surface area contributed by atoms with Crippen LogP contribution in [0.3, 0.4) is 0 Å². The molecule has 6 heteroatoms. The van der Waals surface area contributed by atoms with Crippen LogP contribution in [0.2, 0.25) is 0 Å². The van der Waals surface area contributed by atoms with Gasteiger partial charge in [-0.1, -0.05) is 42.5 Å². The fourth-order valence-corrected chi connectivity index (χ4v) is 3.88. The Bertz CT molecular complexity index is 874. The van der Waals surface area contributed by atoms with Crippen LogP contribution in [-0.2, 0) is 13.2 Å². The van der Waals surface area contributed by atoms with E-state index in [0.29, 0.717) is 19.0 Å². The molecule has 1 aromatic heterocycles. The summed E-state index contributed by atoms with van der Waals surface area (Å²) in [6.45, 7) is 3.57. The van der Waals surface area contributed by atoms with Crippen LogP contribution in [0.25, 0.3) is 10.1 Å². The Balaban J connectivity index is 1.64. The zero-order chi connectivity index (χ0) is 19.1. The van der Waals surface area contributed by atoms with E-state index in [1.807, 2.05) is 49.4 Å². The maximum Gasteiger partial charge on any atom is 0.191 e. The first-order valence-corrected chi connectivity index (χ1v) is 9.89. The number of guanidine groups is 1. The highest BCUT2D eigenvalue weighted by atomic mass is 32.1. The van der Waals surface area contributed by atoms with Gasteiger partial charge in [-0.2, -0.15) is 0 Å². The molecule has 2 aromatic carbocycles. The topological polar surface area (TPSA) is 76.9 Å². The van der Waals surface area contributed by atoms with Crippen molar-refractivity contribution in [2.45, 2.75) is 26.2 Å². The Morgan fingerprint density at radius 3 is 2.56 bits per heavy atom. The molecule has 0 aliphatic carbocycles. The van der Waals surface area contributed by atoms with E-state index in [1.165, 1.54) is 4.70 Å². The number of thiophene rings is 1. The molecule has 0 bridgehead atoms. The lowest BCUT2D eigenvalue weighted by atomic mass is 10.1. The molecule has 0 radical (unpaired) electrons. The van der Waals surface area contributed by atoms with Gasteiger partial charge in [-0.25, -0.2) is 4.99 Å². The first kappa shape index (κ1) is 19.4. The van der Waals surface area contributed by atoms with Crippen LogP contribution < -0.4 is 10.6 Å². The van der Waals surface area contributed by atoms with Crippen LogP contribution in [0.1, 0.15) is 29.0 Å². The van der Waals surface area contributed by atoms with E-state index >= 15 is 0 Å². The minimum absolute atomic E-state index is 0.000310. The molecular weight excluding hydrogens is 358 g/mol. The standard InChI is InChI=1S/C21H25N3O2S/c1-2-22-21(23-12-16-8-3-4-9-17(16)14-25)24-13-18(26)20-11-15-7-5-6-10-19(15)27-20/h3-11,18,25-26H,2,12-14H2,1H3,(H2,22,23,24). The third kappa shape index (κ3) is 5.07. The summed E-state index contributed by atoms with van der Waals surface area (Å²) < 4.78 is 1.17. The number of fused-ring (bicyclic) bond motifs is 1. The molecule has 3 rings (SSSR count). The van der Waals surface area contributed by atoms with Crippen molar-refractivity contribution in [3.05, 3.63) is 70.6 Å². The molecule has 1 atom stereocenters. The van der Waals surface area contributed by atoms with Crippen molar-refractivity contribution in [2.75, 3.05) is 13.1 Å². The fourth-order valence-electron chi connectivity index (χ4n) is 2.83. The summed E-state index contributed by atoms with van der Waals surface area (Å²) in [6, 6.07) is 17.9. The van der Waals surface area contributed by atoms with Gasteiger partial charge in [-0.3, -0.25) is 0 Å². The van der Waals surface area contributed by atoms with Crippen LogP contribution in [0, 0.1) is 0 Å². The van der Waals surface area contributed by atoms with Gasteiger partial charge in [0, 0.05) is 22.7 Å². The van der Waals surface area contributed by atoms with Crippen molar-refractivity contribution in [1.82, 2.24) is 10.6 Å². The number of aliphatic hydroxyl groups is 2. The second kappa shape index (κ2) is 9.50. The van der Waals surface area contributed by atoms with Gasteiger partial charge < -0.3 is 20.8 Å². The maximum atomic E-state index is 10.5. The van der Waals surface area contributed by atoms with Crippen molar-refractivity contribution in [2.24, 2.45) is 4.99 Å². The van der Waals surface area contributed by atoms with Crippen LogP contribution in [0.15, 0.2) is 59.6 Å². The predicted octanol–water partition coefficient (Wildman–Crippen LogP) is 3.18. The van der Waals surface area contributed by atoms with Gasteiger partial charge >= 0.3 is 0 Å². The number of nitrogens with zero attached hydrogens (tertiary/aromatic N) is 1. The summed E-state index contributed by atoms with van der Waals surface area (Å²) in [4.78, 5) is 5.51. The van der Waals surface area contributed by atoms with E-state index in [4.69, 9.17) is 0 Å². The van der Waals surface area contributed by atoms with Crippen molar-refractivity contribution < 1.29 is 10.2 Å². The van der Waals surface area contributed by atoms with Crippen molar-refractivity contribution in [3.8, 4) is 0 Å². The van der Waals surface area contributed by atoms with E-state index < -0.39 is 6.10 Å². The van der Waals surface area contributed by atoms with E-state index in [1.54, 1.807) is 11.3 Å². The molecule has 1 heterocycles. The first-order valence-electron chi connectivity index (χ1n) is 9.07. The SMILES string of the molecule is CCNC(=NCc1ccccc1CO)NCC(O)c1cc2ccccc2s1. The Morgan fingerprint density at radius 2 is 1.81 bits per heavy atom. The zero-order valence-electron chi connectivity index (χ0n) is 15.4. The normalized spacial score (nSPS) is 12.9. The zero-order valence-corrected chi connectivity index (χ0v) is 16.2. The fraction of sp³-hybridized carbons (Fsp3) is 0.286. The van der Waals surface area contributed by atoms with E-state index in [-0.39, 0.29) is 6.61 Å². The number of aliphatic hydroxyl groups excluding tert-OH is 2. The second-order valence-corrected chi connectivity index (χ2v) is 7.32. The number of hydrogen-bond donors (Lipinski definition) is 4. The highest BCUT2D eigenvalue weighted by Crippen LogP contribution is 2.29. The van der Waals surface area contributed by atoms with Gasteiger partial charge in [0.1, 0.15) is 6.10 Å². The molecule has 0 saturated carbocycles. The van der Waals surface area contributed by atoms with Crippen LogP contribution >= 0.6 is 11.3 Å². The van der Waals surface area contributed by atoms with Gasteiger partial charge in [-0.15, -0.1) is 11.3 Å². The summed E-state index contributed by atoms with van der Waals surface area (Å²) in [5.41, 5.74) is 1.87. The Labute approximate surface area is 163 Å². The van der Waals surface area contributed by atoms with Crippen molar-refractivity contribution in [3.63, 3.8) is 0 Å². The molecule has 0 spiro atoms. The lowest BCUT2D eigenvalue weighted by molar-refractivity contribution is 0.184. The average Bonchev–Trinajstić information content (AvgIpc) is 3.14. The van der Waals surface area contributed by atoms with Crippen molar-refractivity contribution >= 4 is 27.4 Å². The predicted molar refractivity (Wildman–Crippen MR) is 112 cm³/mol. The minimum atomic E-state index is -0.601. The van der Waals surface area contributed by atoms with Gasteiger partial charge in [0.05, 0.1) is 13.2 Å². The Hall–Kier alpha value is -2.41. The summed E-state index contributed by atoms with van der Waals surface area (Å²) in [5, 5.41) is 27.5. The molecule has 27 heavy (non-hydrogen) atoms. The average molecular weight is 384 g/mol. The van der Waals surface area contributed by atoms with Crippen LogP contribution in [0.4, 0.5) is 0 Å². The smallest absolute Gasteiger partial charge is 0.191 e. The van der Waals surface area contributed by atoms with Gasteiger partial charge in [0.25, 0.3) is 0 Å². The number of hydrogen-bond acceptors (Lipinski definition) is 4. The third-order valence-electron chi connectivity index (χ3n) is 4.28. The van der Waals surface area contributed by atoms with E-state index in [9.17, 15) is 10.2 Å². The number of nitrogens with one attached hydrogen (secondary N) is 2. The quantitative estimate of drug-likeness (QED) is 0.373. The maximum absolute atomic E-state index is 10.5. The Morgan fingerprint density at radius 1 is 1.07 bits per heavy atom. The number of benzene rings is 2. The monoisotopic (exact) mass is 383 g/mol. The molecule has 1 unspecified atom stereocenters. The molecule has 0 aliphatic rings.